The molecule has 0 aliphatic carbocycles. The molecule has 0 radical (unpaired) electrons. The van der Waals surface area contributed by atoms with Crippen LogP contribution in [-0.2, 0) is 4.74 Å². The average Bonchev–Trinajstić information content (AvgIpc) is 2.86. The zero-order chi connectivity index (χ0) is 25.7. The highest BCUT2D eigenvalue weighted by atomic mass is 16.6. The van der Waals surface area contributed by atoms with Crippen molar-refractivity contribution in [3.05, 3.63) is 63.2 Å². The number of nitro benzene ring substituents is 1. The van der Waals surface area contributed by atoms with Crippen molar-refractivity contribution in [1.29, 1.82) is 0 Å². The molecule has 3 aromatic rings. The number of nitrogens with one attached hydrogen (secondary N) is 2. The van der Waals surface area contributed by atoms with Crippen molar-refractivity contribution in [3.8, 4) is 0 Å². The van der Waals surface area contributed by atoms with Gasteiger partial charge in [0, 0.05) is 44.5 Å². The molecule has 12 heteroatoms. The zero-order valence-electron chi connectivity index (χ0n) is 20.7. The third-order valence-corrected chi connectivity index (χ3v) is 5.61. The molecule has 2 aromatic carbocycles. The summed E-state index contributed by atoms with van der Waals surface area (Å²) in [6, 6.07) is 11.0. The number of nitro groups is 1. The van der Waals surface area contributed by atoms with Crippen molar-refractivity contribution in [1.82, 2.24) is 15.0 Å². The average molecular weight is 492 g/mol. The fraction of sp³-hybridized carbons (Fsp3) is 0.333. The van der Waals surface area contributed by atoms with Crippen LogP contribution in [0.3, 0.4) is 0 Å². The molecule has 1 aliphatic rings. The van der Waals surface area contributed by atoms with Crippen LogP contribution in [0.4, 0.5) is 34.9 Å². The second-order valence-electron chi connectivity index (χ2n) is 8.60. The minimum absolute atomic E-state index is 0.00118. The van der Waals surface area contributed by atoms with Gasteiger partial charge >= 0.3 is 0 Å². The molecule has 188 valence electrons. The van der Waals surface area contributed by atoms with Gasteiger partial charge in [0.25, 0.3) is 5.69 Å². The first-order valence-electron chi connectivity index (χ1n) is 11.5. The lowest BCUT2D eigenvalue weighted by atomic mass is 10.1. The van der Waals surface area contributed by atoms with Crippen LogP contribution in [0.1, 0.15) is 16.7 Å². The van der Waals surface area contributed by atoms with E-state index >= 15 is 0 Å². The predicted molar refractivity (Wildman–Crippen MR) is 141 cm³/mol. The molecule has 0 spiro atoms. The maximum absolute atomic E-state index is 11.5. The van der Waals surface area contributed by atoms with Crippen LogP contribution in [0.5, 0.6) is 0 Å². The monoisotopic (exact) mass is 491 g/mol. The molecule has 0 saturated carbocycles. The first kappa shape index (κ1) is 24.8. The number of hydrogen-bond acceptors (Lipinski definition) is 11. The first-order valence-corrected chi connectivity index (χ1v) is 11.5. The highest BCUT2D eigenvalue weighted by Gasteiger charge is 2.18. The van der Waals surface area contributed by atoms with Crippen LogP contribution in [0, 0.1) is 24.0 Å². The van der Waals surface area contributed by atoms with Crippen molar-refractivity contribution in [2.45, 2.75) is 13.8 Å². The van der Waals surface area contributed by atoms with Gasteiger partial charge in [-0.05, 0) is 37.1 Å². The van der Waals surface area contributed by atoms with Gasteiger partial charge in [-0.3, -0.25) is 10.1 Å². The number of anilines is 5. The van der Waals surface area contributed by atoms with Crippen molar-refractivity contribution >= 4 is 41.1 Å². The zero-order valence-corrected chi connectivity index (χ0v) is 20.7. The summed E-state index contributed by atoms with van der Waals surface area (Å²) in [6.45, 7) is 6.54. The Hall–Kier alpha value is -4.32. The minimum atomic E-state index is -0.411. The van der Waals surface area contributed by atoms with E-state index in [1.54, 1.807) is 31.1 Å². The summed E-state index contributed by atoms with van der Waals surface area (Å²) in [5, 5.41) is 19.0. The van der Waals surface area contributed by atoms with Gasteiger partial charge < -0.3 is 19.9 Å². The molecular weight excluding hydrogens is 462 g/mol. The Morgan fingerprint density at radius 1 is 1.08 bits per heavy atom. The van der Waals surface area contributed by atoms with Crippen LogP contribution in [0.25, 0.3) is 0 Å². The highest BCUT2D eigenvalue weighted by Crippen LogP contribution is 2.27. The van der Waals surface area contributed by atoms with Gasteiger partial charge in [-0.1, -0.05) is 18.2 Å². The van der Waals surface area contributed by atoms with Gasteiger partial charge in [-0.25, -0.2) is 5.43 Å². The van der Waals surface area contributed by atoms with E-state index in [4.69, 9.17) is 4.74 Å². The minimum Gasteiger partial charge on any atom is -0.378 e. The molecular formula is C24H29N9O3. The largest absolute Gasteiger partial charge is 0.378 e. The lowest BCUT2D eigenvalue weighted by Crippen LogP contribution is -2.37. The quantitative estimate of drug-likeness (QED) is 0.274. The molecule has 1 aliphatic heterocycles. The number of ether oxygens (including phenoxy) is 1. The van der Waals surface area contributed by atoms with Crippen LogP contribution in [0.15, 0.2) is 41.5 Å². The Bertz CT molecular complexity index is 1270. The summed E-state index contributed by atoms with van der Waals surface area (Å²) in [6.07, 6.45) is 1.49. The third-order valence-electron chi connectivity index (χ3n) is 5.61. The molecule has 1 aromatic heterocycles. The molecule has 12 nitrogen and oxygen atoms in total. The van der Waals surface area contributed by atoms with Gasteiger partial charge in [0.05, 0.1) is 24.4 Å². The van der Waals surface area contributed by atoms with E-state index in [-0.39, 0.29) is 11.6 Å². The van der Waals surface area contributed by atoms with Crippen LogP contribution in [0.2, 0.25) is 0 Å². The first-order chi connectivity index (χ1) is 17.3. The smallest absolute Gasteiger partial charge is 0.293 e. The molecule has 2 heterocycles. The summed E-state index contributed by atoms with van der Waals surface area (Å²) in [5.41, 5.74) is 6.99. The molecule has 36 heavy (non-hydrogen) atoms. The summed E-state index contributed by atoms with van der Waals surface area (Å²) in [4.78, 5) is 28.4. The number of morpholine rings is 1. The second kappa shape index (κ2) is 11.0. The third kappa shape index (κ3) is 6.02. The van der Waals surface area contributed by atoms with Gasteiger partial charge in [0.15, 0.2) is 0 Å². The number of hydrazone groups is 1. The summed E-state index contributed by atoms with van der Waals surface area (Å²) in [5.74, 6) is 1.13. The van der Waals surface area contributed by atoms with E-state index in [1.165, 1.54) is 12.3 Å². The maximum atomic E-state index is 11.5. The van der Waals surface area contributed by atoms with Crippen LogP contribution >= 0.6 is 0 Å². The van der Waals surface area contributed by atoms with E-state index < -0.39 is 4.92 Å². The molecule has 4 rings (SSSR count). The van der Waals surface area contributed by atoms with Crippen LogP contribution < -0.4 is 20.5 Å². The van der Waals surface area contributed by atoms with Crippen molar-refractivity contribution in [2.75, 3.05) is 60.9 Å². The van der Waals surface area contributed by atoms with E-state index in [0.717, 1.165) is 16.8 Å². The van der Waals surface area contributed by atoms with E-state index in [0.29, 0.717) is 49.5 Å². The second-order valence-corrected chi connectivity index (χ2v) is 8.60. The summed E-state index contributed by atoms with van der Waals surface area (Å²) in [7, 11) is 3.52. The number of hydrogen-bond donors (Lipinski definition) is 2. The predicted octanol–water partition coefficient (Wildman–Crippen LogP) is 3.49. The van der Waals surface area contributed by atoms with E-state index in [1.807, 2.05) is 36.9 Å². The van der Waals surface area contributed by atoms with Gasteiger partial charge in [0.2, 0.25) is 17.8 Å². The standard InChI is InChI=1S/C24H29N9O3/c1-16-5-6-17(2)19(13-16)26-22-27-23(29-24(28-22)32-9-11-36-12-10-32)30-25-15-18-7-8-20(31(3)4)21(14-18)33(34)35/h5-8,13-15H,9-12H2,1-4H3,(H2,26,27,28,29,30)/b25-15-. The Morgan fingerprint density at radius 3 is 2.56 bits per heavy atom. The highest BCUT2D eigenvalue weighted by molar-refractivity contribution is 5.83. The maximum Gasteiger partial charge on any atom is 0.293 e. The number of aryl methyl sites for hydroxylation is 2. The fourth-order valence-electron chi connectivity index (χ4n) is 3.68. The lowest BCUT2D eigenvalue weighted by molar-refractivity contribution is -0.384. The van der Waals surface area contributed by atoms with Crippen molar-refractivity contribution in [2.24, 2.45) is 5.10 Å². The molecule has 0 unspecified atom stereocenters. The number of rotatable bonds is 8. The Kier molecular flexibility index (Phi) is 7.54. The Balaban J connectivity index is 1.60. The van der Waals surface area contributed by atoms with E-state index in [9.17, 15) is 10.1 Å². The van der Waals surface area contributed by atoms with Gasteiger partial charge in [-0.2, -0.15) is 20.1 Å². The number of aromatic nitrogens is 3. The van der Waals surface area contributed by atoms with Crippen molar-refractivity contribution < 1.29 is 9.66 Å². The number of benzene rings is 2. The molecule has 2 N–H and O–H groups in total. The molecule has 0 bridgehead atoms. The summed E-state index contributed by atoms with van der Waals surface area (Å²) >= 11 is 0. The summed E-state index contributed by atoms with van der Waals surface area (Å²) < 4.78 is 5.45. The molecule has 1 saturated heterocycles. The Morgan fingerprint density at radius 2 is 1.83 bits per heavy atom. The topological polar surface area (TPSA) is 134 Å². The molecule has 0 amide bonds. The van der Waals surface area contributed by atoms with Crippen molar-refractivity contribution in [3.63, 3.8) is 0 Å². The molecule has 0 atom stereocenters. The fourth-order valence-corrected chi connectivity index (χ4v) is 3.68. The van der Waals surface area contributed by atoms with Gasteiger partial charge in [0.1, 0.15) is 5.69 Å². The van der Waals surface area contributed by atoms with Gasteiger partial charge in [-0.15, -0.1) is 0 Å². The molecule has 1 fully saturated rings. The number of nitrogens with zero attached hydrogens (tertiary/aromatic N) is 7. The van der Waals surface area contributed by atoms with E-state index in [2.05, 4.69) is 30.8 Å². The Labute approximate surface area is 209 Å². The normalized spacial score (nSPS) is 13.6. The lowest BCUT2D eigenvalue weighted by Gasteiger charge is -2.27. The SMILES string of the molecule is Cc1ccc(C)c(Nc2nc(N/N=C\c3ccc(N(C)C)c([N+](=O)[O-])c3)nc(N3CCOCC3)n2)c1. The van der Waals surface area contributed by atoms with Crippen LogP contribution in [-0.4, -0.2) is 66.5 Å².